The zero-order valence-corrected chi connectivity index (χ0v) is 13.3. The van der Waals surface area contributed by atoms with Crippen molar-refractivity contribution in [3.63, 3.8) is 0 Å². The van der Waals surface area contributed by atoms with E-state index in [1.165, 1.54) is 18.5 Å². The third-order valence-electron chi connectivity index (χ3n) is 4.36. The van der Waals surface area contributed by atoms with Crippen LogP contribution in [0.25, 0.3) is 0 Å². The van der Waals surface area contributed by atoms with Crippen LogP contribution in [0.5, 0.6) is 0 Å². The van der Waals surface area contributed by atoms with Crippen molar-refractivity contribution >= 4 is 23.2 Å². The fraction of sp³-hybridized carbons (Fsp3) is 0.375. The number of nitrogen functional groups attached to an aromatic ring is 1. The smallest absolute Gasteiger partial charge is 0.153 e. The Kier molecular flexibility index (Phi) is 4.37. The first kappa shape index (κ1) is 16.0. The van der Waals surface area contributed by atoms with E-state index >= 15 is 0 Å². The van der Waals surface area contributed by atoms with Crippen LogP contribution in [0.2, 0.25) is 5.02 Å². The molecule has 1 fully saturated rings. The molecule has 122 valence electrons. The summed E-state index contributed by atoms with van der Waals surface area (Å²) in [4.78, 5) is 10.1. The molecule has 1 aromatic heterocycles. The maximum absolute atomic E-state index is 13.0. The van der Waals surface area contributed by atoms with Gasteiger partial charge in [-0.25, -0.2) is 14.4 Å². The highest BCUT2D eigenvalue weighted by Crippen LogP contribution is 2.38. The lowest BCUT2D eigenvalue weighted by molar-refractivity contribution is 0.144. The van der Waals surface area contributed by atoms with E-state index in [1.54, 1.807) is 12.1 Å². The molecule has 5 nitrogen and oxygen atoms in total. The van der Waals surface area contributed by atoms with Crippen molar-refractivity contribution in [1.29, 1.82) is 0 Å². The summed E-state index contributed by atoms with van der Waals surface area (Å²) in [5.74, 6) is 0.577. The van der Waals surface area contributed by atoms with Gasteiger partial charge >= 0.3 is 0 Å². The number of rotatable bonds is 4. The summed E-state index contributed by atoms with van der Waals surface area (Å²) in [5, 5.41) is 10.3. The van der Waals surface area contributed by atoms with Gasteiger partial charge in [0.25, 0.3) is 0 Å². The van der Waals surface area contributed by atoms with Crippen LogP contribution in [0, 0.1) is 11.2 Å². The van der Waals surface area contributed by atoms with Crippen LogP contribution in [0.1, 0.15) is 12.0 Å². The van der Waals surface area contributed by atoms with Crippen molar-refractivity contribution in [2.75, 3.05) is 30.3 Å². The second kappa shape index (κ2) is 6.29. The Balaban J connectivity index is 1.80. The van der Waals surface area contributed by atoms with Crippen LogP contribution in [0.15, 0.2) is 30.6 Å². The van der Waals surface area contributed by atoms with Gasteiger partial charge < -0.3 is 15.7 Å². The van der Waals surface area contributed by atoms with Crippen LogP contribution >= 0.6 is 11.6 Å². The first-order valence-electron chi connectivity index (χ1n) is 7.39. The lowest BCUT2D eigenvalue weighted by Gasteiger charge is -2.28. The number of anilines is 2. The number of nitrogens with zero attached hydrogens (tertiary/aromatic N) is 3. The van der Waals surface area contributed by atoms with Gasteiger partial charge in [-0.15, -0.1) is 0 Å². The zero-order chi connectivity index (χ0) is 16.4. The summed E-state index contributed by atoms with van der Waals surface area (Å²) in [7, 11) is 0. The molecule has 0 amide bonds. The Morgan fingerprint density at radius 1 is 1.30 bits per heavy atom. The molecule has 0 aliphatic carbocycles. The summed E-state index contributed by atoms with van der Waals surface area (Å²) in [6.07, 6.45) is 2.84. The second-order valence-electron chi connectivity index (χ2n) is 6.03. The summed E-state index contributed by atoms with van der Waals surface area (Å²) in [5.41, 5.74) is 6.42. The fourth-order valence-electron chi connectivity index (χ4n) is 3.07. The summed E-state index contributed by atoms with van der Waals surface area (Å²) >= 11 is 6.19. The molecule has 1 aliphatic heterocycles. The average molecular weight is 337 g/mol. The normalized spacial score (nSPS) is 20.9. The van der Waals surface area contributed by atoms with E-state index < -0.39 is 0 Å². The van der Waals surface area contributed by atoms with Crippen LogP contribution in [0.3, 0.4) is 0 Å². The maximum atomic E-state index is 13.0. The summed E-state index contributed by atoms with van der Waals surface area (Å²) in [6, 6.07) is 6.39. The van der Waals surface area contributed by atoms with E-state index in [1.807, 2.05) is 4.90 Å². The average Bonchev–Trinajstić information content (AvgIpc) is 2.97. The molecular weight excluding hydrogens is 319 g/mol. The fourth-order valence-corrected chi connectivity index (χ4v) is 3.29. The number of halogens is 2. The van der Waals surface area contributed by atoms with Gasteiger partial charge in [0.1, 0.15) is 23.0 Å². The van der Waals surface area contributed by atoms with Gasteiger partial charge in [-0.05, 0) is 30.5 Å². The molecule has 1 aromatic carbocycles. The minimum absolute atomic E-state index is 0.0407. The van der Waals surface area contributed by atoms with Crippen molar-refractivity contribution < 1.29 is 9.50 Å². The number of aliphatic hydroxyl groups is 1. The molecule has 1 saturated heterocycles. The Labute approximate surface area is 138 Å². The van der Waals surface area contributed by atoms with E-state index in [-0.39, 0.29) is 23.7 Å². The van der Waals surface area contributed by atoms with Crippen molar-refractivity contribution in [1.82, 2.24) is 9.97 Å². The number of nitrogens with two attached hydrogens (primary N) is 1. The topological polar surface area (TPSA) is 75.3 Å². The van der Waals surface area contributed by atoms with E-state index in [2.05, 4.69) is 9.97 Å². The molecule has 1 unspecified atom stereocenters. The SMILES string of the molecule is Nc1ncnc(N2CCC(CO)(Cc3ccc(F)cc3)C2)c1Cl. The molecule has 0 bridgehead atoms. The summed E-state index contributed by atoms with van der Waals surface area (Å²) < 4.78 is 13.0. The molecule has 1 aliphatic rings. The molecule has 0 saturated carbocycles. The molecule has 0 spiro atoms. The first-order chi connectivity index (χ1) is 11.0. The number of aromatic nitrogens is 2. The molecule has 3 rings (SSSR count). The Morgan fingerprint density at radius 3 is 2.74 bits per heavy atom. The van der Waals surface area contributed by atoms with Crippen LogP contribution in [-0.4, -0.2) is 34.8 Å². The highest BCUT2D eigenvalue weighted by Gasteiger charge is 2.39. The van der Waals surface area contributed by atoms with Crippen molar-refractivity contribution in [3.8, 4) is 0 Å². The highest BCUT2D eigenvalue weighted by atomic mass is 35.5. The van der Waals surface area contributed by atoms with Crippen LogP contribution in [0.4, 0.5) is 16.0 Å². The Hall–Kier alpha value is -1.92. The number of benzene rings is 1. The molecule has 2 aromatic rings. The van der Waals surface area contributed by atoms with Crippen molar-refractivity contribution in [2.45, 2.75) is 12.8 Å². The van der Waals surface area contributed by atoms with Crippen molar-refractivity contribution in [2.24, 2.45) is 5.41 Å². The predicted molar refractivity (Wildman–Crippen MR) is 87.9 cm³/mol. The first-order valence-corrected chi connectivity index (χ1v) is 7.77. The lowest BCUT2D eigenvalue weighted by atomic mass is 9.81. The Morgan fingerprint density at radius 2 is 2.04 bits per heavy atom. The van der Waals surface area contributed by atoms with Gasteiger partial charge in [0.15, 0.2) is 5.82 Å². The molecule has 1 atom stereocenters. The molecule has 2 heterocycles. The molecular formula is C16H18ClFN4O. The minimum Gasteiger partial charge on any atom is -0.396 e. The number of aliphatic hydroxyl groups excluding tert-OH is 1. The van der Waals surface area contributed by atoms with Gasteiger partial charge in [0, 0.05) is 18.5 Å². The lowest BCUT2D eigenvalue weighted by Crippen LogP contribution is -2.33. The zero-order valence-electron chi connectivity index (χ0n) is 12.5. The van der Waals surface area contributed by atoms with Gasteiger partial charge in [0.2, 0.25) is 0 Å². The third-order valence-corrected chi connectivity index (χ3v) is 4.73. The van der Waals surface area contributed by atoms with E-state index in [0.29, 0.717) is 23.8 Å². The van der Waals surface area contributed by atoms with Gasteiger partial charge in [-0.3, -0.25) is 0 Å². The quantitative estimate of drug-likeness (QED) is 0.896. The maximum Gasteiger partial charge on any atom is 0.153 e. The third kappa shape index (κ3) is 3.23. The molecule has 23 heavy (non-hydrogen) atoms. The number of hydrogen-bond donors (Lipinski definition) is 2. The minimum atomic E-state index is -0.305. The van der Waals surface area contributed by atoms with Crippen LogP contribution in [-0.2, 0) is 6.42 Å². The Bertz CT molecular complexity index is 697. The predicted octanol–water partition coefficient (Wildman–Crippen LogP) is 2.28. The molecule has 7 heteroatoms. The van der Waals surface area contributed by atoms with Crippen LogP contribution < -0.4 is 10.6 Å². The van der Waals surface area contributed by atoms with Gasteiger partial charge in [-0.2, -0.15) is 0 Å². The molecule has 3 N–H and O–H groups in total. The summed E-state index contributed by atoms with van der Waals surface area (Å²) in [6.45, 7) is 1.37. The van der Waals surface area contributed by atoms with Gasteiger partial charge in [-0.1, -0.05) is 23.7 Å². The second-order valence-corrected chi connectivity index (χ2v) is 6.41. The van der Waals surface area contributed by atoms with E-state index in [0.717, 1.165) is 18.5 Å². The molecule has 0 radical (unpaired) electrons. The van der Waals surface area contributed by atoms with E-state index in [4.69, 9.17) is 17.3 Å². The monoisotopic (exact) mass is 336 g/mol. The standard InChI is InChI=1S/C16H18ClFN4O/c17-13-14(19)20-10-21-15(13)22-6-5-16(8-22,9-23)7-11-1-3-12(18)4-2-11/h1-4,10,23H,5-9H2,(H2,19,20,21). The largest absolute Gasteiger partial charge is 0.396 e. The van der Waals surface area contributed by atoms with Crippen molar-refractivity contribution in [3.05, 3.63) is 47.0 Å². The highest BCUT2D eigenvalue weighted by molar-refractivity contribution is 6.35. The van der Waals surface area contributed by atoms with Gasteiger partial charge in [0.05, 0.1) is 6.61 Å². The number of hydrogen-bond acceptors (Lipinski definition) is 5. The van der Waals surface area contributed by atoms with E-state index in [9.17, 15) is 9.50 Å².